The van der Waals surface area contributed by atoms with E-state index >= 15 is 0 Å². The SMILES string of the molecule is Nc1ncc2nc1C(=O)Nc1ccccc1O[C@H]1CN[C@@H](COc3cccc-2c3)C1. The second-order valence-electron chi connectivity index (χ2n) is 7.36. The van der Waals surface area contributed by atoms with Crippen molar-refractivity contribution in [1.82, 2.24) is 15.3 Å². The van der Waals surface area contributed by atoms with Crippen molar-refractivity contribution in [3.8, 4) is 22.8 Å². The summed E-state index contributed by atoms with van der Waals surface area (Å²) in [5, 5.41) is 6.30. The number of nitrogens with one attached hydrogen (secondary N) is 2. The third kappa shape index (κ3) is 3.65. The first kappa shape index (κ1) is 18.4. The summed E-state index contributed by atoms with van der Waals surface area (Å²) in [6.45, 7) is 1.23. The summed E-state index contributed by atoms with van der Waals surface area (Å²) in [5.74, 6) is 0.936. The van der Waals surface area contributed by atoms with Crippen LogP contribution in [-0.2, 0) is 0 Å². The molecule has 2 aromatic carbocycles. The Morgan fingerprint density at radius 2 is 2.03 bits per heavy atom. The smallest absolute Gasteiger partial charge is 0.278 e. The van der Waals surface area contributed by atoms with E-state index in [0.29, 0.717) is 30.3 Å². The zero-order chi connectivity index (χ0) is 20.5. The lowest BCUT2D eigenvalue weighted by atomic mass is 10.1. The van der Waals surface area contributed by atoms with Crippen molar-refractivity contribution in [2.45, 2.75) is 18.6 Å². The van der Waals surface area contributed by atoms with E-state index < -0.39 is 5.91 Å². The Kier molecular flexibility index (Phi) is 4.68. The maximum atomic E-state index is 13.0. The van der Waals surface area contributed by atoms with Crippen LogP contribution in [0.5, 0.6) is 11.5 Å². The van der Waals surface area contributed by atoms with Crippen LogP contribution >= 0.6 is 0 Å². The third-order valence-corrected chi connectivity index (χ3v) is 5.21. The van der Waals surface area contributed by atoms with Gasteiger partial charge < -0.3 is 25.8 Å². The zero-order valence-electron chi connectivity index (χ0n) is 16.2. The number of benzene rings is 2. The summed E-state index contributed by atoms with van der Waals surface area (Å²) in [6.07, 6.45) is 2.33. The Morgan fingerprint density at radius 3 is 2.97 bits per heavy atom. The Hall–Kier alpha value is -3.65. The van der Waals surface area contributed by atoms with Crippen molar-refractivity contribution < 1.29 is 14.3 Å². The van der Waals surface area contributed by atoms with E-state index in [2.05, 4.69) is 20.6 Å². The van der Waals surface area contributed by atoms with Crippen molar-refractivity contribution in [1.29, 1.82) is 0 Å². The van der Waals surface area contributed by atoms with Crippen molar-refractivity contribution >= 4 is 17.4 Å². The molecule has 0 radical (unpaired) electrons. The number of fused-ring (bicyclic) bond motifs is 8. The number of anilines is 2. The second kappa shape index (κ2) is 7.64. The predicted octanol–water partition coefficient (Wildman–Crippen LogP) is 2.48. The van der Waals surface area contributed by atoms with E-state index in [1.54, 1.807) is 12.3 Å². The Morgan fingerprint density at radius 1 is 1.13 bits per heavy atom. The maximum absolute atomic E-state index is 13.0. The fraction of sp³-hybridized carbons (Fsp3) is 0.227. The molecule has 30 heavy (non-hydrogen) atoms. The molecule has 3 aromatic rings. The lowest BCUT2D eigenvalue weighted by Gasteiger charge is -2.18. The molecule has 1 saturated heterocycles. The quantitative estimate of drug-likeness (QED) is 0.529. The summed E-state index contributed by atoms with van der Waals surface area (Å²) in [4.78, 5) is 21.6. The lowest BCUT2D eigenvalue weighted by Crippen LogP contribution is -2.28. The normalized spacial score (nSPS) is 20.5. The molecule has 0 spiro atoms. The van der Waals surface area contributed by atoms with Gasteiger partial charge in [0.2, 0.25) is 0 Å². The van der Waals surface area contributed by atoms with Gasteiger partial charge in [0.25, 0.3) is 5.91 Å². The van der Waals surface area contributed by atoms with Crippen molar-refractivity contribution in [3.05, 3.63) is 60.4 Å². The van der Waals surface area contributed by atoms with Gasteiger partial charge in [-0.2, -0.15) is 0 Å². The molecule has 3 heterocycles. The van der Waals surface area contributed by atoms with Crippen LogP contribution in [0.4, 0.5) is 11.5 Å². The molecule has 0 unspecified atom stereocenters. The van der Waals surface area contributed by atoms with Crippen LogP contribution in [0.2, 0.25) is 0 Å². The largest absolute Gasteiger partial charge is 0.492 e. The average Bonchev–Trinajstić information content (AvgIpc) is 3.21. The number of ether oxygens (including phenoxy) is 2. The minimum atomic E-state index is -0.445. The standard InChI is InChI=1S/C22H21N5O3/c23-21-20-22(28)27-17-6-1-2-7-19(17)30-16-9-14(24-10-16)12-29-15-5-3-4-13(8-15)18(26-20)11-25-21/h1-8,11,14,16,24H,9-10,12H2,(H2,23,25)(H,27,28)/t14-,16-/m1/s1. The number of carbonyl (C=O) groups excluding carboxylic acids is 1. The van der Waals surface area contributed by atoms with Crippen LogP contribution in [0.15, 0.2) is 54.7 Å². The van der Waals surface area contributed by atoms with Gasteiger partial charge in [0, 0.05) is 24.6 Å². The molecular weight excluding hydrogens is 382 g/mol. The van der Waals surface area contributed by atoms with Crippen LogP contribution in [-0.4, -0.2) is 41.2 Å². The second-order valence-corrected chi connectivity index (χ2v) is 7.36. The van der Waals surface area contributed by atoms with Gasteiger partial charge in [0.1, 0.15) is 24.2 Å². The summed E-state index contributed by atoms with van der Waals surface area (Å²) in [5.41, 5.74) is 7.90. The zero-order valence-corrected chi connectivity index (χ0v) is 16.2. The number of nitrogen functional groups attached to an aromatic ring is 1. The highest BCUT2D eigenvalue weighted by Gasteiger charge is 2.27. The molecule has 0 aliphatic carbocycles. The molecule has 2 atom stereocenters. The van der Waals surface area contributed by atoms with Crippen LogP contribution in [0.3, 0.4) is 0 Å². The number of amides is 1. The molecule has 5 rings (SSSR count). The molecular formula is C22H21N5O3. The first-order valence-corrected chi connectivity index (χ1v) is 9.82. The van der Waals surface area contributed by atoms with Crippen molar-refractivity contribution in [2.75, 3.05) is 24.2 Å². The fourth-order valence-corrected chi connectivity index (χ4v) is 3.68. The van der Waals surface area contributed by atoms with E-state index in [0.717, 1.165) is 17.7 Å². The van der Waals surface area contributed by atoms with Crippen molar-refractivity contribution in [3.63, 3.8) is 0 Å². The fourth-order valence-electron chi connectivity index (χ4n) is 3.68. The molecule has 152 valence electrons. The van der Waals surface area contributed by atoms with E-state index in [9.17, 15) is 4.79 Å². The summed E-state index contributed by atoms with van der Waals surface area (Å²) < 4.78 is 12.2. The van der Waals surface area contributed by atoms with Gasteiger partial charge in [-0.1, -0.05) is 24.3 Å². The Bertz CT molecular complexity index is 1100. The van der Waals surface area contributed by atoms with Crippen LogP contribution < -0.4 is 25.8 Å². The number of nitrogens with zero attached hydrogens (tertiary/aromatic N) is 2. The van der Waals surface area contributed by atoms with Gasteiger partial charge in [-0.05, 0) is 24.3 Å². The number of nitrogens with two attached hydrogens (primary N) is 1. The van der Waals surface area contributed by atoms with Gasteiger partial charge in [0.15, 0.2) is 11.5 Å². The molecule has 2 aliphatic heterocycles. The molecule has 8 heteroatoms. The van der Waals surface area contributed by atoms with Crippen LogP contribution in [0.1, 0.15) is 16.9 Å². The molecule has 4 N–H and O–H groups in total. The molecule has 1 fully saturated rings. The number of hydrogen-bond donors (Lipinski definition) is 3. The van der Waals surface area contributed by atoms with E-state index in [4.69, 9.17) is 15.2 Å². The first-order valence-electron chi connectivity index (χ1n) is 9.82. The van der Waals surface area contributed by atoms with Crippen molar-refractivity contribution in [2.24, 2.45) is 0 Å². The van der Waals surface area contributed by atoms with Crippen LogP contribution in [0, 0.1) is 0 Å². The van der Waals surface area contributed by atoms with Gasteiger partial charge in [-0.25, -0.2) is 9.97 Å². The molecule has 6 bridgehead atoms. The highest BCUT2D eigenvalue weighted by molar-refractivity contribution is 6.06. The van der Waals surface area contributed by atoms with Gasteiger partial charge in [-0.3, -0.25) is 4.79 Å². The number of hydrogen-bond acceptors (Lipinski definition) is 7. The maximum Gasteiger partial charge on any atom is 0.278 e. The summed E-state index contributed by atoms with van der Waals surface area (Å²) in [6, 6.07) is 15.1. The first-order chi connectivity index (χ1) is 14.7. The lowest BCUT2D eigenvalue weighted by molar-refractivity contribution is 0.102. The number of aromatic nitrogens is 2. The Labute approximate surface area is 173 Å². The number of rotatable bonds is 0. The average molecular weight is 403 g/mol. The topological polar surface area (TPSA) is 111 Å². The molecule has 1 aromatic heterocycles. The predicted molar refractivity (Wildman–Crippen MR) is 113 cm³/mol. The minimum Gasteiger partial charge on any atom is -0.492 e. The third-order valence-electron chi connectivity index (χ3n) is 5.21. The van der Waals surface area contributed by atoms with E-state index in [1.165, 1.54) is 0 Å². The van der Waals surface area contributed by atoms with E-state index in [1.807, 2.05) is 42.5 Å². The van der Waals surface area contributed by atoms with Gasteiger partial charge in [-0.15, -0.1) is 0 Å². The number of carbonyl (C=O) groups is 1. The number of para-hydroxylation sites is 2. The molecule has 1 amide bonds. The van der Waals surface area contributed by atoms with Gasteiger partial charge in [0.05, 0.1) is 17.6 Å². The molecule has 0 saturated carbocycles. The van der Waals surface area contributed by atoms with Gasteiger partial charge >= 0.3 is 0 Å². The minimum absolute atomic E-state index is 0.0240. The Balaban J connectivity index is 1.57. The molecule has 2 aliphatic rings. The summed E-state index contributed by atoms with van der Waals surface area (Å²) >= 11 is 0. The monoisotopic (exact) mass is 403 g/mol. The highest BCUT2D eigenvalue weighted by atomic mass is 16.5. The molecule has 8 nitrogen and oxygen atoms in total. The summed E-state index contributed by atoms with van der Waals surface area (Å²) in [7, 11) is 0. The van der Waals surface area contributed by atoms with E-state index in [-0.39, 0.29) is 23.7 Å². The highest BCUT2D eigenvalue weighted by Crippen LogP contribution is 2.29. The van der Waals surface area contributed by atoms with Crippen LogP contribution in [0.25, 0.3) is 11.3 Å².